The number of hydrogen-bond donors (Lipinski definition) is 1. The number of aliphatic hydroxyl groups excluding tert-OH is 1. The molecule has 0 bridgehead atoms. The fourth-order valence-electron chi connectivity index (χ4n) is 1.78. The van der Waals surface area contributed by atoms with Gasteiger partial charge < -0.3 is 9.66 Å². The summed E-state index contributed by atoms with van der Waals surface area (Å²) in [6.45, 7) is 3.52. The van der Waals surface area contributed by atoms with E-state index >= 15 is 0 Å². The molecule has 0 amide bonds. The number of hydrogen-bond acceptors (Lipinski definition) is 4. The normalized spacial score (nSPS) is 14.9. The van der Waals surface area contributed by atoms with E-state index in [0.29, 0.717) is 6.42 Å². The minimum Gasteiger partial charge on any atom is -0.748 e. The van der Waals surface area contributed by atoms with Crippen LogP contribution in [0.4, 0.5) is 0 Å². The molecule has 104 valence electrons. The first-order chi connectivity index (χ1) is 7.88. The maximum absolute atomic E-state index is 10.6. The van der Waals surface area contributed by atoms with Gasteiger partial charge in [0.1, 0.15) is 0 Å². The zero-order valence-electron chi connectivity index (χ0n) is 11.9. The van der Waals surface area contributed by atoms with E-state index in [9.17, 15) is 18.1 Å². The van der Waals surface area contributed by atoms with Gasteiger partial charge >= 0.3 is 51.4 Å². The molecule has 18 heavy (non-hydrogen) atoms. The van der Waals surface area contributed by atoms with Gasteiger partial charge in [-0.2, -0.15) is 0 Å². The van der Waals surface area contributed by atoms with Gasteiger partial charge in [-0.05, 0) is 19.8 Å². The largest absolute Gasteiger partial charge is 1.00 e. The number of rotatable bonds is 10. The summed E-state index contributed by atoms with van der Waals surface area (Å²) in [5.74, 6) is 0. The van der Waals surface area contributed by atoms with Crippen LogP contribution in [-0.4, -0.2) is 29.4 Å². The maximum Gasteiger partial charge on any atom is 1.00 e. The molecule has 0 rings (SSSR count). The van der Waals surface area contributed by atoms with Crippen LogP contribution >= 0.6 is 0 Å². The van der Waals surface area contributed by atoms with Crippen molar-refractivity contribution in [3.8, 4) is 0 Å². The first-order valence-corrected chi connectivity index (χ1v) is 7.97. The molecule has 2 unspecified atom stereocenters. The van der Waals surface area contributed by atoms with Gasteiger partial charge in [0.2, 0.25) is 0 Å². The van der Waals surface area contributed by atoms with Crippen molar-refractivity contribution in [1.82, 2.24) is 0 Å². The molecule has 0 aromatic rings. The Balaban J connectivity index is 0. The Morgan fingerprint density at radius 3 is 2.11 bits per heavy atom. The fourth-order valence-corrected chi connectivity index (χ4v) is 2.24. The molecule has 0 saturated carbocycles. The zero-order chi connectivity index (χ0) is 13.3. The van der Waals surface area contributed by atoms with Crippen molar-refractivity contribution < 1.29 is 69.5 Å². The van der Waals surface area contributed by atoms with Crippen molar-refractivity contribution >= 4 is 10.1 Å². The monoisotopic (exact) mass is 304 g/mol. The van der Waals surface area contributed by atoms with Gasteiger partial charge in [-0.15, -0.1) is 0 Å². The van der Waals surface area contributed by atoms with E-state index in [1.54, 1.807) is 0 Å². The molecule has 2 atom stereocenters. The minimum absolute atomic E-state index is 0. The van der Waals surface area contributed by atoms with Crippen LogP contribution in [0.15, 0.2) is 0 Å². The SMILES string of the molecule is CCCCCCCCC(O)CC(C)S(=O)(=O)[O-].[K+]. The third-order valence-electron chi connectivity index (χ3n) is 2.99. The van der Waals surface area contributed by atoms with Gasteiger partial charge in [0.25, 0.3) is 0 Å². The molecule has 0 aromatic carbocycles. The topological polar surface area (TPSA) is 77.4 Å². The molecule has 0 spiro atoms. The van der Waals surface area contributed by atoms with Crippen LogP contribution in [0, 0.1) is 0 Å². The van der Waals surface area contributed by atoms with Crippen LogP contribution in [0.25, 0.3) is 0 Å². The molecule has 0 heterocycles. The second kappa shape index (κ2) is 12.3. The summed E-state index contributed by atoms with van der Waals surface area (Å²) >= 11 is 0. The van der Waals surface area contributed by atoms with Crippen LogP contribution in [0.2, 0.25) is 0 Å². The van der Waals surface area contributed by atoms with Crippen molar-refractivity contribution in [2.24, 2.45) is 0 Å². The standard InChI is InChI=1S/C12H26O4S.K/c1-3-4-5-6-7-8-9-12(13)10-11(2)17(14,15)16;/h11-13H,3-10H2,1-2H3,(H,14,15,16);/q;+1/p-1. The Morgan fingerprint density at radius 1 is 1.11 bits per heavy atom. The average molecular weight is 304 g/mol. The summed E-state index contributed by atoms with van der Waals surface area (Å²) in [5, 5.41) is 8.59. The van der Waals surface area contributed by atoms with Gasteiger partial charge in [0, 0.05) is 5.25 Å². The van der Waals surface area contributed by atoms with Crippen LogP contribution in [0.3, 0.4) is 0 Å². The molecule has 0 aliphatic heterocycles. The average Bonchev–Trinajstić information content (AvgIpc) is 2.21. The summed E-state index contributed by atoms with van der Waals surface area (Å²) in [6.07, 6.45) is 6.78. The van der Waals surface area contributed by atoms with Crippen LogP contribution in [0.5, 0.6) is 0 Å². The van der Waals surface area contributed by atoms with Crippen LogP contribution in [0.1, 0.15) is 65.2 Å². The van der Waals surface area contributed by atoms with Crippen molar-refractivity contribution in [3.63, 3.8) is 0 Å². The zero-order valence-corrected chi connectivity index (χ0v) is 15.8. The van der Waals surface area contributed by atoms with E-state index in [1.807, 2.05) is 0 Å². The Labute approximate surface area is 154 Å². The molecule has 0 fully saturated rings. The summed E-state index contributed by atoms with van der Waals surface area (Å²) in [5.41, 5.74) is 0. The fraction of sp³-hybridized carbons (Fsp3) is 1.00. The van der Waals surface area contributed by atoms with E-state index in [0.717, 1.165) is 19.3 Å². The van der Waals surface area contributed by atoms with E-state index in [4.69, 9.17) is 0 Å². The molecule has 4 nitrogen and oxygen atoms in total. The summed E-state index contributed by atoms with van der Waals surface area (Å²) in [6, 6.07) is 0. The van der Waals surface area contributed by atoms with Gasteiger partial charge in [0.15, 0.2) is 0 Å². The number of unbranched alkanes of at least 4 members (excludes halogenated alkanes) is 5. The molecule has 0 aliphatic rings. The molecular weight excluding hydrogens is 279 g/mol. The van der Waals surface area contributed by atoms with E-state index < -0.39 is 21.5 Å². The Morgan fingerprint density at radius 2 is 1.61 bits per heavy atom. The third-order valence-corrected chi connectivity index (χ3v) is 4.17. The quantitative estimate of drug-likeness (QED) is 0.333. The minimum atomic E-state index is -4.25. The van der Waals surface area contributed by atoms with E-state index in [-0.39, 0.29) is 57.8 Å². The van der Waals surface area contributed by atoms with Crippen molar-refractivity contribution in [3.05, 3.63) is 0 Å². The smallest absolute Gasteiger partial charge is 0.748 e. The first kappa shape index (κ1) is 21.8. The van der Waals surface area contributed by atoms with Crippen LogP contribution < -0.4 is 51.4 Å². The van der Waals surface area contributed by atoms with Gasteiger partial charge in [-0.25, -0.2) is 8.42 Å². The second-order valence-corrected chi connectivity index (χ2v) is 6.54. The van der Waals surface area contributed by atoms with Crippen molar-refractivity contribution in [1.29, 1.82) is 0 Å². The van der Waals surface area contributed by atoms with Crippen LogP contribution in [-0.2, 0) is 10.1 Å². The van der Waals surface area contributed by atoms with Gasteiger partial charge in [-0.1, -0.05) is 45.4 Å². The van der Waals surface area contributed by atoms with Crippen molar-refractivity contribution in [2.75, 3.05) is 0 Å². The molecule has 0 aliphatic carbocycles. The molecule has 0 radical (unpaired) electrons. The molecule has 0 saturated heterocycles. The maximum atomic E-state index is 10.6. The predicted molar refractivity (Wildman–Crippen MR) is 67.8 cm³/mol. The number of aliphatic hydroxyl groups is 1. The first-order valence-electron chi connectivity index (χ1n) is 6.50. The molecular formula is C12H25KO4S. The van der Waals surface area contributed by atoms with Gasteiger partial charge in [0.05, 0.1) is 16.2 Å². The van der Waals surface area contributed by atoms with Gasteiger partial charge in [-0.3, -0.25) is 0 Å². The Hall–Kier alpha value is 1.51. The van der Waals surface area contributed by atoms with Crippen molar-refractivity contribution in [2.45, 2.75) is 76.6 Å². The van der Waals surface area contributed by atoms with E-state index in [1.165, 1.54) is 26.2 Å². The van der Waals surface area contributed by atoms with E-state index in [2.05, 4.69) is 6.92 Å². The molecule has 1 N–H and O–H groups in total. The summed E-state index contributed by atoms with van der Waals surface area (Å²) in [7, 11) is -4.25. The second-order valence-electron chi connectivity index (χ2n) is 4.75. The Kier molecular flexibility index (Phi) is 14.9. The molecule has 0 aromatic heterocycles. The summed E-state index contributed by atoms with van der Waals surface area (Å²) in [4.78, 5) is 0. The predicted octanol–water partition coefficient (Wildman–Crippen LogP) is -0.574. The molecule has 6 heteroatoms. The third kappa shape index (κ3) is 12.5. The Bertz CT molecular complexity index is 280. The summed E-state index contributed by atoms with van der Waals surface area (Å²) < 4.78 is 31.9.